The molecule has 0 radical (unpaired) electrons. The van der Waals surface area contributed by atoms with Crippen molar-refractivity contribution in [3.8, 4) is 11.5 Å². The Morgan fingerprint density at radius 3 is 2.14 bits per heavy atom. The summed E-state index contributed by atoms with van der Waals surface area (Å²) in [5.74, 6) is -0.399. The summed E-state index contributed by atoms with van der Waals surface area (Å²) in [7, 11) is -1.49. The number of nitrogens with one attached hydrogen (secondary N) is 1. The van der Waals surface area contributed by atoms with Crippen molar-refractivity contribution in [2.75, 3.05) is 25.1 Å². The maximum absolute atomic E-state index is 14.1. The molecule has 0 unspecified atom stereocenters. The van der Waals surface area contributed by atoms with Gasteiger partial charge in [-0.05, 0) is 68.3 Å². The zero-order valence-corrected chi connectivity index (χ0v) is 26.5. The SMILES string of the molecule is CC[C@@H](C(=O)NC(C)C)N(Cc1ccccc1Cl)C(=O)CN(c1ccc(Cl)cc1)S(=O)(=O)c1ccc(OC)c(OC)c1. The number of nitrogens with zero attached hydrogens (tertiary/aromatic N) is 2. The van der Waals surface area contributed by atoms with Crippen LogP contribution in [0.5, 0.6) is 11.5 Å². The topological polar surface area (TPSA) is 105 Å². The van der Waals surface area contributed by atoms with E-state index in [0.717, 1.165) is 4.31 Å². The number of sulfonamides is 1. The molecule has 0 fully saturated rings. The lowest BCUT2D eigenvalue weighted by molar-refractivity contribution is -0.140. The Balaban J connectivity index is 2.11. The summed E-state index contributed by atoms with van der Waals surface area (Å²) in [6, 6.07) is 16.2. The average molecular weight is 637 g/mol. The highest BCUT2D eigenvalue weighted by Crippen LogP contribution is 2.33. The van der Waals surface area contributed by atoms with Gasteiger partial charge in [-0.1, -0.05) is 48.3 Å². The second kappa shape index (κ2) is 14.6. The summed E-state index contributed by atoms with van der Waals surface area (Å²) in [5.41, 5.74) is 0.823. The summed E-state index contributed by atoms with van der Waals surface area (Å²) >= 11 is 12.5. The number of hydrogen-bond donors (Lipinski definition) is 1. The minimum atomic E-state index is -4.33. The van der Waals surface area contributed by atoms with Gasteiger partial charge in [0.1, 0.15) is 12.6 Å². The lowest BCUT2D eigenvalue weighted by Gasteiger charge is -2.33. The summed E-state index contributed by atoms with van der Waals surface area (Å²) in [5, 5.41) is 3.67. The highest BCUT2D eigenvalue weighted by Gasteiger charge is 2.34. The van der Waals surface area contributed by atoms with E-state index in [-0.39, 0.29) is 41.2 Å². The number of carbonyl (C=O) groups is 2. The maximum atomic E-state index is 14.1. The van der Waals surface area contributed by atoms with E-state index in [1.165, 1.54) is 61.6 Å². The molecular formula is C30H35Cl2N3O6S. The van der Waals surface area contributed by atoms with Crippen LogP contribution in [0.1, 0.15) is 32.8 Å². The minimum Gasteiger partial charge on any atom is -0.493 e. The molecule has 0 aliphatic rings. The highest BCUT2D eigenvalue weighted by atomic mass is 35.5. The van der Waals surface area contributed by atoms with E-state index in [1.807, 2.05) is 13.8 Å². The lowest BCUT2D eigenvalue weighted by Crippen LogP contribution is -2.53. The van der Waals surface area contributed by atoms with Crippen molar-refractivity contribution in [1.82, 2.24) is 10.2 Å². The van der Waals surface area contributed by atoms with Gasteiger partial charge in [0, 0.05) is 28.7 Å². The molecule has 0 saturated heterocycles. The fraction of sp³-hybridized carbons (Fsp3) is 0.333. The van der Waals surface area contributed by atoms with Gasteiger partial charge in [-0.3, -0.25) is 13.9 Å². The van der Waals surface area contributed by atoms with Crippen LogP contribution in [0.4, 0.5) is 5.69 Å². The van der Waals surface area contributed by atoms with E-state index in [9.17, 15) is 18.0 Å². The molecule has 0 heterocycles. The number of methoxy groups -OCH3 is 2. The number of amides is 2. The van der Waals surface area contributed by atoms with E-state index < -0.39 is 28.5 Å². The molecule has 0 saturated carbocycles. The Morgan fingerprint density at radius 2 is 1.57 bits per heavy atom. The lowest BCUT2D eigenvalue weighted by atomic mass is 10.1. The first-order valence-electron chi connectivity index (χ1n) is 13.3. The van der Waals surface area contributed by atoms with Crippen LogP contribution in [-0.2, 0) is 26.2 Å². The Labute approximate surface area is 257 Å². The second-order valence-corrected chi connectivity index (χ2v) is 12.4. The Kier molecular flexibility index (Phi) is 11.5. The van der Waals surface area contributed by atoms with Crippen LogP contribution in [0.15, 0.2) is 71.6 Å². The van der Waals surface area contributed by atoms with Crippen LogP contribution < -0.4 is 19.1 Å². The Bertz CT molecular complexity index is 1500. The van der Waals surface area contributed by atoms with Gasteiger partial charge in [0.25, 0.3) is 10.0 Å². The van der Waals surface area contributed by atoms with Gasteiger partial charge in [0.15, 0.2) is 11.5 Å². The Morgan fingerprint density at radius 1 is 0.929 bits per heavy atom. The van der Waals surface area contributed by atoms with Crippen molar-refractivity contribution >= 4 is 50.7 Å². The molecule has 1 N–H and O–H groups in total. The summed E-state index contributed by atoms with van der Waals surface area (Å²) in [6.07, 6.45) is 0.290. The molecule has 226 valence electrons. The number of anilines is 1. The van der Waals surface area contributed by atoms with E-state index in [1.54, 1.807) is 31.2 Å². The largest absolute Gasteiger partial charge is 0.493 e. The van der Waals surface area contributed by atoms with Crippen LogP contribution in [0, 0.1) is 0 Å². The first-order chi connectivity index (χ1) is 19.9. The fourth-order valence-corrected chi connectivity index (χ4v) is 6.10. The summed E-state index contributed by atoms with van der Waals surface area (Å²) < 4.78 is 39.8. The molecule has 0 aliphatic heterocycles. The summed E-state index contributed by atoms with van der Waals surface area (Å²) in [6.45, 7) is 4.82. The van der Waals surface area contributed by atoms with Crippen molar-refractivity contribution < 1.29 is 27.5 Å². The van der Waals surface area contributed by atoms with E-state index >= 15 is 0 Å². The molecule has 3 aromatic rings. The van der Waals surface area contributed by atoms with Gasteiger partial charge >= 0.3 is 0 Å². The smallest absolute Gasteiger partial charge is 0.264 e. The van der Waals surface area contributed by atoms with Crippen LogP contribution in [0.3, 0.4) is 0 Å². The van der Waals surface area contributed by atoms with E-state index in [2.05, 4.69) is 5.32 Å². The molecule has 3 aromatic carbocycles. The molecule has 1 atom stereocenters. The van der Waals surface area contributed by atoms with E-state index in [0.29, 0.717) is 21.4 Å². The highest BCUT2D eigenvalue weighted by molar-refractivity contribution is 7.92. The van der Waals surface area contributed by atoms with Crippen molar-refractivity contribution in [3.05, 3.63) is 82.3 Å². The van der Waals surface area contributed by atoms with Gasteiger partial charge in [0.2, 0.25) is 11.8 Å². The standard InChI is InChI=1S/C30H35Cl2N3O6S/c1-6-26(30(37)33-20(2)3)34(18-21-9-7-8-10-25(21)32)29(36)19-35(23-13-11-22(31)12-14-23)42(38,39)24-15-16-27(40-4)28(17-24)41-5/h7-17,20,26H,6,18-19H2,1-5H3,(H,33,37)/t26-/m0/s1. The quantitative estimate of drug-likeness (QED) is 0.264. The van der Waals surface area contributed by atoms with Crippen LogP contribution in [-0.4, -0.2) is 58.0 Å². The second-order valence-electron chi connectivity index (χ2n) is 9.71. The zero-order chi connectivity index (χ0) is 31.0. The van der Waals surface area contributed by atoms with Gasteiger partial charge in [-0.25, -0.2) is 8.42 Å². The van der Waals surface area contributed by atoms with Gasteiger partial charge < -0.3 is 19.7 Å². The number of benzene rings is 3. The average Bonchev–Trinajstić information content (AvgIpc) is 2.96. The maximum Gasteiger partial charge on any atom is 0.264 e. The monoisotopic (exact) mass is 635 g/mol. The van der Waals surface area contributed by atoms with Crippen LogP contribution >= 0.6 is 23.2 Å². The molecule has 2 amide bonds. The third-order valence-corrected chi connectivity index (χ3v) is 8.84. The van der Waals surface area contributed by atoms with Crippen LogP contribution in [0.2, 0.25) is 10.0 Å². The number of halogens is 2. The fourth-order valence-electron chi connectivity index (χ4n) is 4.35. The molecule has 12 heteroatoms. The molecule has 9 nitrogen and oxygen atoms in total. The molecule has 0 spiro atoms. The number of carbonyl (C=O) groups excluding carboxylic acids is 2. The number of ether oxygens (including phenoxy) is 2. The van der Waals surface area contributed by atoms with Crippen LogP contribution in [0.25, 0.3) is 0 Å². The minimum absolute atomic E-state index is 0.00655. The molecule has 3 rings (SSSR count). The Hall–Kier alpha value is -3.47. The van der Waals surface area contributed by atoms with Crippen molar-refractivity contribution in [1.29, 1.82) is 0 Å². The first kappa shape index (κ1) is 33.0. The van der Waals surface area contributed by atoms with Gasteiger partial charge in [-0.2, -0.15) is 0 Å². The molecule has 0 bridgehead atoms. The van der Waals surface area contributed by atoms with Crippen molar-refractivity contribution in [3.63, 3.8) is 0 Å². The van der Waals surface area contributed by atoms with Crippen molar-refractivity contribution in [2.45, 2.75) is 50.7 Å². The van der Waals surface area contributed by atoms with Gasteiger partial charge in [0.05, 0.1) is 24.8 Å². The van der Waals surface area contributed by atoms with E-state index in [4.69, 9.17) is 32.7 Å². The molecule has 42 heavy (non-hydrogen) atoms. The van der Waals surface area contributed by atoms with Gasteiger partial charge in [-0.15, -0.1) is 0 Å². The molecule has 0 aliphatic carbocycles. The third-order valence-electron chi connectivity index (χ3n) is 6.45. The summed E-state index contributed by atoms with van der Waals surface area (Å²) in [4.78, 5) is 28.6. The zero-order valence-electron chi connectivity index (χ0n) is 24.1. The predicted octanol–water partition coefficient (Wildman–Crippen LogP) is 5.54. The third kappa shape index (κ3) is 7.87. The normalized spacial score (nSPS) is 12.0. The molecule has 0 aromatic heterocycles. The van der Waals surface area contributed by atoms with Crippen molar-refractivity contribution in [2.24, 2.45) is 0 Å². The first-order valence-corrected chi connectivity index (χ1v) is 15.5. The number of rotatable bonds is 13. The molecular weight excluding hydrogens is 601 g/mol. The predicted molar refractivity (Wildman–Crippen MR) is 165 cm³/mol. The number of hydrogen-bond acceptors (Lipinski definition) is 6.